The fourth-order valence-corrected chi connectivity index (χ4v) is 1.59. The number of hydrogen-bond acceptors (Lipinski definition) is 1. The molecule has 2 rings (SSSR count). The summed E-state index contributed by atoms with van der Waals surface area (Å²) in [5, 5.41) is 0.656. The number of epoxide rings is 1. The molecule has 1 nitrogen and oxygen atoms in total. The third kappa shape index (κ3) is 2.59. The maximum Gasteiger partial charge on any atom is 0.423 e. The Kier molecular flexibility index (Phi) is 3.14. The minimum Gasteiger partial charge on any atom is -0.356 e. The SMILES string of the molecule is FC(F)(F)C1(C=Cc2ccc(Cl)c(Cl)c2)CO1. The van der Waals surface area contributed by atoms with Gasteiger partial charge in [-0.1, -0.05) is 35.3 Å². The Morgan fingerprint density at radius 3 is 2.35 bits per heavy atom. The molecule has 17 heavy (non-hydrogen) atoms. The molecule has 6 heteroatoms. The van der Waals surface area contributed by atoms with Crippen LogP contribution in [-0.2, 0) is 4.74 Å². The summed E-state index contributed by atoms with van der Waals surface area (Å²) in [5.74, 6) is 0. The first kappa shape index (κ1) is 12.7. The molecule has 92 valence electrons. The minimum atomic E-state index is -4.39. The van der Waals surface area contributed by atoms with Crippen molar-refractivity contribution in [3.8, 4) is 0 Å². The molecule has 0 N–H and O–H groups in total. The third-order valence-corrected chi connectivity index (χ3v) is 3.16. The predicted molar refractivity (Wildman–Crippen MR) is 60.2 cm³/mol. The quantitative estimate of drug-likeness (QED) is 0.735. The van der Waals surface area contributed by atoms with Gasteiger partial charge in [0.25, 0.3) is 0 Å². The Bertz CT molecular complexity index is 464. The van der Waals surface area contributed by atoms with Gasteiger partial charge >= 0.3 is 6.18 Å². The Morgan fingerprint density at radius 1 is 1.24 bits per heavy atom. The number of alkyl halides is 3. The van der Waals surface area contributed by atoms with Gasteiger partial charge in [0.15, 0.2) is 0 Å². The molecule has 0 aromatic heterocycles. The fourth-order valence-electron chi connectivity index (χ4n) is 1.28. The molecule has 0 bridgehead atoms. The Balaban J connectivity index is 2.19. The highest BCUT2D eigenvalue weighted by atomic mass is 35.5. The van der Waals surface area contributed by atoms with E-state index in [1.54, 1.807) is 6.07 Å². The lowest BCUT2D eigenvalue weighted by atomic mass is 10.1. The van der Waals surface area contributed by atoms with Crippen molar-refractivity contribution < 1.29 is 17.9 Å². The van der Waals surface area contributed by atoms with Crippen molar-refractivity contribution in [2.24, 2.45) is 0 Å². The van der Waals surface area contributed by atoms with Gasteiger partial charge in [0.2, 0.25) is 5.60 Å². The molecule has 1 fully saturated rings. The molecule has 1 aromatic carbocycles. The number of hydrogen-bond donors (Lipinski definition) is 0. The van der Waals surface area contributed by atoms with Crippen LogP contribution in [0.3, 0.4) is 0 Å². The Labute approximate surface area is 106 Å². The number of benzene rings is 1. The van der Waals surface area contributed by atoms with Crippen molar-refractivity contribution >= 4 is 29.3 Å². The van der Waals surface area contributed by atoms with Gasteiger partial charge in [0, 0.05) is 0 Å². The van der Waals surface area contributed by atoms with Gasteiger partial charge in [0.05, 0.1) is 16.7 Å². The lowest BCUT2D eigenvalue weighted by molar-refractivity contribution is -0.169. The van der Waals surface area contributed by atoms with E-state index in [0.29, 0.717) is 15.6 Å². The number of rotatable bonds is 2. The molecule has 1 aliphatic rings. The van der Waals surface area contributed by atoms with Crippen LogP contribution >= 0.6 is 23.2 Å². The Morgan fingerprint density at radius 2 is 1.88 bits per heavy atom. The standard InChI is InChI=1S/C11H7Cl2F3O/c12-8-2-1-7(5-9(8)13)3-4-10(6-17-10)11(14,15)16/h1-5H,6H2. The van der Waals surface area contributed by atoms with Crippen molar-refractivity contribution in [3.63, 3.8) is 0 Å². The first-order valence-corrected chi connectivity index (χ1v) is 5.45. The van der Waals surface area contributed by atoms with E-state index in [1.807, 2.05) is 0 Å². The van der Waals surface area contributed by atoms with Gasteiger partial charge in [-0.05, 0) is 23.8 Å². The van der Waals surface area contributed by atoms with E-state index in [2.05, 4.69) is 4.74 Å². The molecule has 0 aliphatic carbocycles. The van der Waals surface area contributed by atoms with Gasteiger partial charge in [-0.15, -0.1) is 0 Å². The van der Waals surface area contributed by atoms with Gasteiger partial charge in [0.1, 0.15) is 0 Å². The highest BCUT2D eigenvalue weighted by molar-refractivity contribution is 6.42. The zero-order valence-electron chi connectivity index (χ0n) is 8.39. The number of halogens is 5. The van der Waals surface area contributed by atoms with Crippen LogP contribution in [0, 0.1) is 0 Å². The highest BCUT2D eigenvalue weighted by Crippen LogP contribution is 2.45. The molecular formula is C11H7Cl2F3O. The molecule has 1 atom stereocenters. The van der Waals surface area contributed by atoms with Gasteiger partial charge in [-0.2, -0.15) is 13.2 Å². The summed E-state index contributed by atoms with van der Waals surface area (Å²) in [5.41, 5.74) is -1.59. The van der Waals surface area contributed by atoms with Crippen molar-refractivity contribution in [3.05, 3.63) is 39.9 Å². The summed E-state index contributed by atoms with van der Waals surface area (Å²) in [6.07, 6.45) is -2.07. The fraction of sp³-hybridized carbons (Fsp3) is 0.273. The third-order valence-electron chi connectivity index (χ3n) is 2.42. The van der Waals surface area contributed by atoms with E-state index >= 15 is 0 Å². The molecule has 1 heterocycles. The minimum absolute atomic E-state index is 0.298. The smallest absolute Gasteiger partial charge is 0.356 e. The van der Waals surface area contributed by atoms with Crippen LogP contribution in [0.15, 0.2) is 24.3 Å². The predicted octanol–water partition coefficient (Wildman–Crippen LogP) is 4.34. The van der Waals surface area contributed by atoms with E-state index in [-0.39, 0.29) is 6.61 Å². The first-order valence-electron chi connectivity index (χ1n) is 4.69. The molecule has 1 aliphatic heterocycles. The van der Waals surface area contributed by atoms with Crippen LogP contribution in [0.1, 0.15) is 5.56 Å². The van der Waals surface area contributed by atoms with Crippen molar-refractivity contribution in [2.45, 2.75) is 11.8 Å². The molecule has 1 aromatic rings. The molecule has 1 saturated heterocycles. The van der Waals surface area contributed by atoms with Crippen LogP contribution in [0.2, 0.25) is 10.0 Å². The summed E-state index contributed by atoms with van der Waals surface area (Å²) in [4.78, 5) is 0. The van der Waals surface area contributed by atoms with Crippen LogP contribution in [0.4, 0.5) is 13.2 Å². The summed E-state index contributed by atoms with van der Waals surface area (Å²) in [6, 6.07) is 4.60. The molecule has 0 amide bonds. The van der Waals surface area contributed by atoms with Crippen LogP contribution in [0.25, 0.3) is 6.08 Å². The van der Waals surface area contributed by atoms with Crippen LogP contribution < -0.4 is 0 Å². The van der Waals surface area contributed by atoms with E-state index in [0.717, 1.165) is 6.08 Å². The van der Waals surface area contributed by atoms with Gasteiger partial charge in [-0.3, -0.25) is 0 Å². The van der Waals surface area contributed by atoms with Crippen LogP contribution in [0.5, 0.6) is 0 Å². The lowest BCUT2D eigenvalue weighted by Gasteiger charge is -2.11. The zero-order valence-corrected chi connectivity index (χ0v) is 9.90. The lowest BCUT2D eigenvalue weighted by Crippen LogP contribution is -2.30. The van der Waals surface area contributed by atoms with E-state index in [1.165, 1.54) is 18.2 Å². The second kappa shape index (κ2) is 4.19. The average molecular weight is 283 g/mol. The van der Waals surface area contributed by atoms with Gasteiger partial charge in [-0.25, -0.2) is 0 Å². The zero-order chi connectivity index (χ0) is 12.7. The second-order valence-corrected chi connectivity index (χ2v) is 4.50. The summed E-state index contributed by atoms with van der Waals surface area (Å²) in [7, 11) is 0. The van der Waals surface area contributed by atoms with Crippen molar-refractivity contribution in [1.82, 2.24) is 0 Å². The first-order chi connectivity index (χ1) is 7.84. The van der Waals surface area contributed by atoms with E-state index < -0.39 is 11.8 Å². The topological polar surface area (TPSA) is 12.5 Å². The normalized spacial score (nSPS) is 24.3. The maximum atomic E-state index is 12.5. The molecule has 1 unspecified atom stereocenters. The maximum absolute atomic E-state index is 12.5. The summed E-state index contributed by atoms with van der Waals surface area (Å²) < 4.78 is 42.0. The van der Waals surface area contributed by atoms with Crippen molar-refractivity contribution in [2.75, 3.05) is 6.61 Å². The Hall–Kier alpha value is -0.710. The van der Waals surface area contributed by atoms with Crippen LogP contribution in [-0.4, -0.2) is 18.4 Å². The number of ether oxygens (including phenoxy) is 1. The molecule has 0 radical (unpaired) electrons. The molecular weight excluding hydrogens is 276 g/mol. The summed E-state index contributed by atoms with van der Waals surface area (Å²) >= 11 is 11.4. The largest absolute Gasteiger partial charge is 0.423 e. The highest BCUT2D eigenvalue weighted by Gasteiger charge is 2.64. The van der Waals surface area contributed by atoms with E-state index in [4.69, 9.17) is 23.2 Å². The molecule has 0 spiro atoms. The monoisotopic (exact) mass is 282 g/mol. The van der Waals surface area contributed by atoms with Crippen molar-refractivity contribution in [1.29, 1.82) is 0 Å². The van der Waals surface area contributed by atoms with E-state index in [9.17, 15) is 13.2 Å². The molecule has 0 saturated carbocycles. The second-order valence-electron chi connectivity index (χ2n) is 3.68. The van der Waals surface area contributed by atoms with Gasteiger partial charge < -0.3 is 4.74 Å². The summed E-state index contributed by atoms with van der Waals surface area (Å²) in [6.45, 7) is -0.339. The average Bonchev–Trinajstić information content (AvgIpc) is 3.00.